The SMILES string of the molecule is CC1C(c2ccccc2)CCN1CC(=O)N1CCOC2CCCCC21. The monoisotopic (exact) mass is 342 g/mol. The Kier molecular flexibility index (Phi) is 5.09. The van der Waals surface area contributed by atoms with Gasteiger partial charge in [0.25, 0.3) is 0 Å². The normalized spacial score (nSPS) is 33.2. The van der Waals surface area contributed by atoms with Gasteiger partial charge >= 0.3 is 0 Å². The molecule has 3 aliphatic rings. The number of benzene rings is 1. The van der Waals surface area contributed by atoms with E-state index in [9.17, 15) is 4.79 Å². The van der Waals surface area contributed by atoms with Gasteiger partial charge in [-0.05, 0) is 38.3 Å². The summed E-state index contributed by atoms with van der Waals surface area (Å²) in [7, 11) is 0. The molecule has 0 bridgehead atoms. The molecule has 25 heavy (non-hydrogen) atoms. The minimum absolute atomic E-state index is 0.277. The van der Waals surface area contributed by atoms with Gasteiger partial charge in [-0.15, -0.1) is 0 Å². The van der Waals surface area contributed by atoms with Crippen LogP contribution in [0.25, 0.3) is 0 Å². The molecule has 3 fully saturated rings. The largest absolute Gasteiger partial charge is 0.374 e. The number of rotatable bonds is 3. The molecule has 0 radical (unpaired) electrons. The maximum Gasteiger partial charge on any atom is 0.237 e. The number of nitrogens with zero attached hydrogens (tertiary/aromatic N) is 2. The molecule has 136 valence electrons. The Morgan fingerprint density at radius 1 is 1.12 bits per heavy atom. The third-order valence-corrected chi connectivity index (χ3v) is 6.50. The second-order valence-corrected chi connectivity index (χ2v) is 7.87. The maximum absolute atomic E-state index is 13.0. The number of carbonyl (C=O) groups is 1. The highest BCUT2D eigenvalue weighted by Crippen LogP contribution is 2.34. The van der Waals surface area contributed by atoms with Crippen LogP contribution in [-0.2, 0) is 9.53 Å². The molecule has 4 atom stereocenters. The fraction of sp³-hybridized carbons (Fsp3) is 0.667. The van der Waals surface area contributed by atoms with Crippen molar-refractivity contribution in [3.8, 4) is 0 Å². The minimum atomic E-state index is 0.277. The number of carbonyl (C=O) groups excluding carboxylic acids is 1. The number of hydrogen-bond acceptors (Lipinski definition) is 3. The molecule has 0 aromatic heterocycles. The third-order valence-electron chi connectivity index (χ3n) is 6.50. The van der Waals surface area contributed by atoms with Crippen LogP contribution in [0.1, 0.15) is 50.5 Å². The molecule has 4 nitrogen and oxygen atoms in total. The number of likely N-dealkylation sites (tertiary alicyclic amines) is 1. The molecule has 4 rings (SSSR count). The fourth-order valence-corrected chi connectivity index (χ4v) is 5.04. The van der Waals surface area contributed by atoms with Crippen LogP contribution in [0.15, 0.2) is 30.3 Å². The first-order valence-electron chi connectivity index (χ1n) is 9.94. The Hall–Kier alpha value is -1.39. The predicted molar refractivity (Wildman–Crippen MR) is 98.5 cm³/mol. The molecular weight excluding hydrogens is 312 g/mol. The lowest BCUT2D eigenvalue weighted by Crippen LogP contribution is -2.57. The second-order valence-electron chi connectivity index (χ2n) is 7.87. The molecule has 0 spiro atoms. The molecule has 1 aromatic rings. The first kappa shape index (κ1) is 17.0. The Balaban J connectivity index is 1.39. The van der Waals surface area contributed by atoms with E-state index >= 15 is 0 Å². The molecule has 1 aromatic carbocycles. The topological polar surface area (TPSA) is 32.8 Å². The van der Waals surface area contributed by atoms with E-state index in [-0.39, 0.29) is 6.10 Å². The second kappa shape index (κ2) is 7.46. The van der Waals surface area contributed by atoms with Crippen molar-refractivity contribution in [2.24, 2.45) is 0 Å². The number of hydrogen-bond donors (Lipinski definition) is 0. The number of fused-ring (bicyclic) bond motifs is 1. The van der Waals surface area contributed by atoms with Gasteiger partial charge in [0, 0.05) is 18.5 Å². The first-order chi connectivity index (χ1) is 12.2. The van der Waals surface area contributed by atoms with Crippen LogP contribution in [0.5, 0.6) is 0 Å². The van der Waals surface area contributed by atoms with Crippen LogP contribution >= 0.6 is 0 Å². The highest BCUT2D eigenvalue weighted by molar-refractivity contribution is 5.79. The quantitative estimate of drug-likeness (QED) is 0.846. The molecular formula is C21H30N2O2. The van der Waals surface area contributed by atoms with E-state index in [0.29, 0.717) is 37.1 Å². The zero-order valence-electron chi connectivity index (χ0n) is 15.3. The standard InChI is InChI=1S/C21H30N2O2/c1-16-18(17-7-3-2-4-8-17)11-12-22(16)15-21(24)23-13-14-25-20-10-6-5-9-19(20)23/h2-4,7-8,16,18-20H,5-6,9-15H2,1H3. The number of amides is 1. The molecule has 2 heterocycles. The molecule has 2 aliphatic heterocycles. The zero-order chi connectivity index (χ0) is 17.2. The van der Waals surface area contributed by atoms with E-state index in [1.54, 1.807) is 0 Å². The van der Waals surface area contributed by atoms with E-state index in [0.717, 1.165) is 32.4 Å². The van der Waals surface area contributed by atoms with Crippen LogP contribution in [-0.4, -0.2) is 60.1 Å². The van der Waals surface area contributed by atoms with Gasteiger partial charge in [0.1, 0.15) is 0 Å². The van der Waals surface area contributed by atoms with Crippen molar-refractivity contribution in [3.63, 3.8) is 0 Å². The van der Waals surface area contributed by atoms with Crippen molar-refractivity contribution in [2.75, 3.05) is 26.2 Å². The lowest BCUT2D eigenvalue weighted by molar-refractivity contribution is -0.150. The number of ether oxygens (including phenoxy) is 1. The lowest BCUT2D eigenvalue weighted by atomic mass is 9.90. The first-order valence-corrected chi connectivity index (χ1v) is 9.94. The van der Waals surface area contributed by atoms with Crippen LogP contribution in [0.3, 0.4) is 0 Å². The summed E-state index contributed by atoms with van der Waals surface area (Å²) < 4.78 is 5.92. The average Bonchev–Trinajstić information content (AvgIpc) is 3.02. The van der Waals surface area contributed by atoms with Gasteiger partial charge in [0.15, 0.2) is 0 Å². The van der Waals surface area contributed by atoms with Crippen molar-refractivity contribution < 1.29 is 9.53 Å². The maximum atomic E-state index is 13.0. The van der Waals surface area contributed by atoms with Crippen LogP contribution in [0.4, 0.5) is 0 Å². The van der Waals surface area contributed by atoms with Crippen molar-refractivity contribution in [2.45, 2.75) is 63.1 Å². The summed E-state index contributed by atoms with van der Waals surface area (Å²) >= 11 is 0. The smallest absolute Gasteiger partial charge is 0.237 e. The van der Waals surface area contributed by atoms with Crippen molar-refractivity contribution in [3.05, 3.63) is 35.9 Å². The van der Waals surface area contributed by atoms with E-state index in [4.69, 9.17) is 4.74 Å². The Morgan fingerprint density at radius 2 is 1.92 bits per heavy atom. The van der Waals surface area contributed by atoms with Gasteiger partial charge in [-0.3, -0.25) is 9.69 Å². The van der Waals surface area contributed by atoms with Gasteiger partial charge in [-0.25, -0.2) is 0 Å². The fourth-order valence-electron chi connectivity index (χ4n) is 5.04. The van der Waals surface area contributed by atoms with E-state index < -0.39 is 0 Å². The van der Waals surface area contributed by atoms with Crippen LogP contribution in [0, 0.1) is 0 Å². The van der Waals surface area contributed by atoms with E-state index in [1.807, 2.05) is 0 Å². The van der Waals surface area contributed by atoms with Crippen LogP contribution < -0.4 is 0 Å². The molecule has 1 saturated carbocycles. The summed E-state index contributed by atoms with van der Waals surface area (Å²) in [5, 5.41) is 0. The Labute approximate surface area is 151 Å². The highest BCUT2D eigenvalue weighted by atomic mass is 16.5. The summed E-state index contributed by atoms with van der Waals surface area (Å²) in [6, 6.07) is 11.5. The molecule has 0 N–H and O–H groups in total. The van der Waals surface area contributed by atoms with Gasteiger partial charge in [0.2, 0.25) is 5.91 Å². The molecule has 4 unspecified atom stereocenters. The zero-order valence-corrected chi connectivity index (χ0v) is 15.3. The highest BCUT2D eigenvalue weighted by Gasteiger charge is 2.39. The minimum Gasteiger partial charge on any atom is -0.374 e. The summed E-state index contributed by atoms with van der Waals surface area (Å²) in [6.45, 7) is 5.33. The van der Waals surface area contributed by atoms with Gasteiger partial charge in [-0.2, -0.15) is 0 Å². The summed E-state index contributed by atoms with van der Waals surface area (Å²) in [6.07, 6.45) is 6.12. The Bertz CT molecular complexity index is 589. The summed E-state index contributed by atoms with van der Waals surface area (Å²) in [5.41, 5.74) is 1.41. The van der Waals surface area contributed by atoms with E-state index in [1.165, 1.54) is 18.4 Å². The molecule has 1 amide bonds. The van der Waals surface area contributed by atoms with Crippen molar-refractivity contribution in [1.82, 2.24) is 9.80 Å². The molecule has 2 saturated heterocycles. The van der Waals surface area contributed by atoms with Gasteiger partial charge < -0.3 is 9.64 Å². The van der Waals surface area contributed by atoms with Gasteiger partial charge in [0.05, 0.1) is 25.3 Å². The predicted octanol–water partition coefficient (Wildman–Crippen LogP) is 3.03. The number of morpholine rings is 1. The molecule has 4 heteroatoms. The van der Waals surface area contributed by atoms with Gasteiger partial charge in [-0.1, -0.05) is 43.2 Å². The summed E-state index contributed by atoms with van der Waals surface area (Å²) in [4.78, 5) is 17.5. The molecule has 1 aliphatic carbocycles. The Morgan fingerprint density at radius 3 is 2.76 bits per heavy atom. The van der Waals surface area contributed by atoms with E-state index in [2.05, 4.69) is 47.1 Å². The van der Waals surface area contributed by atoms with Crippen molar-refractivity contribution >= 4 is 5.91 Å². The third kappa shape index (κ3) is 3.47. The van der Waals surface area contributed by atoms with Crippen molar-refractivity contribution in [1.29, 1.82) is 0 Å². The lowest BCUT2D eigenvalue weighted by Gasteiger charge is -2.44. The van der Waals surface area contributed by atoms with Crippen LogP contribution in [0.2, 0.25) is 0 Å². The summed E-state index contributed by atoms with van der Waals surface area (Å²) in [5.74, 6) is 0.849. The average molecular weight is 342 g/mol.